The van der Waals surface area contributed by atoms with Crippen molar-refractivity contribution in [1.82, 2.24) is 4.57 Å². The fraction of sp³-hybridized carbons (Fsp3) is 0.182. The summed E-state index contributed by atoms with van der Waals surface area (Å²) in [7, 11) is 0. The number of anilines is 1. The quantitative estimate of drug-likeness (QED) is 0.615. The highest BCUT2D eigenvalue weighted by molar-refractivity contribution is 6.32. The Morgan fingerprint density at radius 3 is 2.42 bits per heavy atom. The summed E-state index contributed by atoms with van der Waals surface area (Å²) in [6.45, 7) is 6.20. The van der Waals surface area contributed by atoms with Crippen LogP contribution in [-0.2, 0) is 4.79 Å². The van der Waals surface area contributed by atoms with Gasteiger partial charge in [0.25, 0.3) is 5.91 Å². The minimum absolute atomic E-state index is 0.0879. The number of hydrazone groups is 1. The molecule has 26 heavy (non-hydrogen) atoms. The summed E-state index contributed by atoms with van der Waals surface area (Å²) in [6.07, 6.45) is 4.08. The third kappa shape index (κ3) is 2.64. The Morgan fingerprint density at radius 2 is 1.69 bits per heavy atom. The molecule has 4 heteroatoms. The van der Waals surface area contributed by atoms with Gasteiger partial charge >= 0.3 is 0 Å². The topological polar surface area (TPSA) is 37.6 Å². The Kier molecular flexibility index (Phi) is 3.96. The van der Waals surface area contributed by atoms with Gasteiger partial charge in [-0.05, 0) is 45.0 Å². The normalized spacial score (nSPS) is 16.2. The van der Waals surface area contributed by atoms with Gasteiger partial charge in [0.05, 0.1) is 17.0 Å². The molecular weight excluding hydrogens is 322 g/mol. The monoisotopic (exact) mass is 343 g/mol. The van der Waals surface area contributed by atoms with Crippen LogP contribution in [0.5, 0.6) is 0 Å². The number of carbonyl (C=O) groups is 1. The van der Waals surface area contributed by atoms with E-state index in [9.17, 15) is 4.79 Å². The highest BCUT2D eigenvalue weighted by Gasteiger charge is 2.28. The summed E-state index contributed by atoms with van der Waals surface area (Å²) >= 11 is 0. The summed E-state index contributed by atoms with van der Waals surface area (Å²) in [6, 6.07) is 18.2. The fourth-order valence-electron chi connectivity index (χ4n) is 3.36. The van der Waals surface area contributed by atoms with Gasteiger partial charge in [-0.1, -0.05) is 36.4 Å². The molecule has 2 heterocycles. The molecule has 0 fully saturated rings. The average Bonchev–Trinajstić information content (AvgIpc) is 3.16. The molecule has 2 aromatic carbocycles. The number of nitrogens with zero attached hydrogens (tertiary/aromatic N) is 3. The summed E-state index contributed by atoms with van der Waals surface area (Å²) in [5, 5.41) is 7.09. The lowest BCUT2D eigenvalue weighted by Crippen LogP contribution is -2.21. The minimum Gasteiger partial charge on any atom is -0.344 e. The van der Waals surface area contributed by atoms with Crippen molar-refractivity contribution in [1.29, 1.82) is 0 Å². The molecule has 0 saturated carbocycles. The molecule has 0 atom stereocenters. The molecule has 0 spiro atoms. The lowest BCUT2D eigenvalue weighted by Gasteiger charge is -2.10. The summed E-state index contributed by atoms with van der Waals surface area (Å²) < 4.78 is 2.24. The van der Waals surface area contributed by atoms with E-state index in [1.165, 1.54) is 10.5 Å². The van der Waals surface area contributed by atoms with Crippen LogP contribution in [0.1, 0.15) is 32.4 Å². The van der Waals surface area contributed by atoms with E-state index in [1.54, 1.807) is 0 Å². The molecule has 1 aliphatic heterocycles. The first-order chi connectivity index (χ1) is 12.6. The third-order valence-electron chi connectivity index (χ3n) is 4.69. The van der Waals surface area contributed by atoms with Crippen LogP contribution in [-0.4, -0.2) is 16.2 Å². The zero-order valence-corrected chi connectivity index (χ0v) is 15.2. The third-order valence-corrected chi connectivity index (χ3v) is 4.69. The zero-order valence-electron chi connectivity index (χ0n) is 15.2. The van der Waals surface area contributed by atoms with Crippen LogP contribution in [0, 0.1) is 0 Å². The van der Waals surface area contributed by atoms with E-state index in [1.807, 2.05) is 55.5 Å². The standard InChI is InChI=1S/C22H21N3O/c1-15(2)24-14-17(19-11-7-8-12-21(19)24)13-20-16(3)23-25(22(20)26)18-9-5-4-6-10-18/h4-15H,1-3H3/b20-13+. The smallest absolute Gasteiger partial charge is 0.280 e. The van der Waals surface area contributed by atoms with Crippen LogP contribution in [0.25, 0.3) is 17.0 Å². The van der Waals surface area contributed by atoms with Crippen LogP contribution >= 0.6 is 0 Å². The van der Waals surface area contributed by atoms with Gasteiger partial charge in [-0.3, -0.25) is 4.79 Å². The molecule has 4 nitrogen and oxygen atoms in total. The Labute approximate surface area is 153 Å². The van der Waals surface area contributed by atoms with Crippen LogP contribution in [0.15, 0.2) is 71.5 Å². The number of para-hydroxylation sites is 2. The van der Waals surface area contributed by atoms with Gasteiger partial charge in [-0.2, -0.15) is 10.1 Å². The van der Waals surface area contributed by atoms with Gasteiger partial charge in [-0.25, -0.2) is 0 Å². The maximum absolute atomic E-state index is 12.9. The van der Waals surface area contributed by atoms with E-state index in [-0.39, 0.29) is 5.91 Å². The Hall–Kier alpha value is -3.14. The van der Waals surface area contributed by atoms with Crippen molar-refractivity contribution in [3.63, 3.8) is 0 Å². The second kappa shape index (κ2) is 6.30. The van der Waals surface area contributed by atoms with E-state index in [4.69, 9.17) is 0 Å². The maximum atomic E-state index is 12.9. The maximum Gasteiger partial charge on any atom is 0.280 e. The first-order valence-corrected chi connectivity index (χ1v) is 8.82. The van der Waals surface area contributed by atoms with E-state index in [2.05, 4.69) is 41.8 Å². The van der Waals surface area contributed by atoms with E-state index >= 15 is 0 Å². The lowest BCUT2D eigenvalue weighted by atomic mass is 10.1. The van der Waals surface area contributed by atoms with Crippen molar-refractivity contribution in [3.8, 4) is 0 Å². The molecule has 1 amide bonds. The van der Waals surface area contributed by atoms with E-state index < -0.39 is 0 Å². The number of fused-ring (bicyclic) bond motifs is 1. The van der Waals surface area contributed by atoms with E-state index in [0.717, 1.165) is 22.3 Å². The molecular formula is C22H21N3O. The van der Waals surface area contributed by atoms with Gasteiger partial charge in [0.2, 0.25) is 0 Å². The summed E-state index contributed by atoms with van der Waals surface area (Å²) in [4.78, 5) is 12.9. The van der Waals surface area contributed by atoms with Crippen molar-refractivity contribution in [2.75, 3.05) is 5.01 Å². The van der Waals surface area contributed by atoms with Crippen LogP contribution in [0.4, 0.5) is 5.69 Å². The fourth-order valence-corrected chi connectivity index (χ4v) is 3.36. The van der Waals surface area contributed by atoms with Gasteiger partial charge < -0.3 is 4.57 Å². The zero-order chi connectivity index (χ0) is 18.3. The number of carbonyl (C=O) groups excluding carboxylic acids is 1. The highest BCUT2D eigenvalue weighted by atomic mass is 16.2. The summed E-state index contributed by atoms with van der Waals surface area (Å²) in [5.74, 6) is -0.0879. The Bertz CT molecular complexity index is 1040. The molecule has 0 aliphatic carbocycles. The van der Waals surface area contributed by atoms with Gasteiger partial charge in [0.15, 0.2) is 0 Å². The number of benzene rings is 2. The summed E-state index contributed by atoms with van der Waals surface area (Å²) in [5.41, 5.74) is 4.38. The van der Waals surface area contributed by atoms with Crippen LogP contribution in [0.3, 0.4) is 0 Å². The van der Waals surface area contributed by atoms with Crippen LogP contribution < -0.4 is 5.01 Å². The largest absolute Gasteiger partial charge is 0.344 e. The predicted molar refractivity (Wildman–Crippen MR) is 107 cm³/mol. The van der Waals surface area contributed by atoms with Crippen LogP contribution in [0.2, 0.25) is 0 Å². The van der Waals surface area contributed by atoms with Crippen molar-refractivity contribution >= 4 is 34.3 Å². The number of hydrogen-bond acceptors (Lipinski definition) is 2. The van der Waals surface area contributed by atoms with E-state index in [0.29, 0.717) is 11.6 Å². The molecule has 1 aromatic heterocycles. The predicted octanol–water partition coefficient (Wildman–Crippen LogP) is 5.03. The molecule has 130 valence electrons. The molecule has 0 saturated heterocycles. The second-order valence-electron chi connectivity index (χ2n) is 6.80. The van der Waals surface area contributed by atoms with Crippen molar-refractivity contribution in [2.24, 2.45) is 5.10 Å². The highest BCUT2D eigenvalue weighted by Crippen LogP contribution is 2.29. The first-order valence-electron chi connectivity index (χ1n) is 8.82. The molecule has 0 radical (unpaired) electrons. The van der Waals surface area contributed by atoms with Crippen molar-refractivity contribution in [2.45, 2.75) is 26.8 Å². The molecule has 0 N–H and O–H groups in total. The minimum atomic E-state index is -0.0879. The second-order valence-corrected chi connectivity index (χ2v) is 6.80. The Balaban J connectivity index is 1.79. The molecule has 0 bridgehead atoms. The van der Waals surface area contributed by atoms with Gasteiger partial charge in [0.1, 0.15) is 0 Å². The van der Waals surface area contributed by atoms with Crippen molar-refractivity contribution in [3.05, 3.63) is 71.9 Å². The van der Waals surface area contributed by atoms with Gasteiger partial charge in [-0.15, -0.1) is 0 Å². The van der Waals surface area contributed by atoms with Gasteiger partial charge in [0, 0.05) is 28.7 Å². The number of hydrogen-bond donors (Lipinski definition) is 0. The molecule has 0 unspecified atom stereocenters. The lowest BCUT2D eigenvalue weighted by molar-refractivity contribution is -0.114. The number of amides is 1. The SMILES string of the molecule is CC1=NN(c2ccccc2)C(=O)/C1=C/c1cn(C(C)C)c2ccccc12. The number of rotatable bonds is 3. The Morgan fingerprint density at radius 1 is 1.00 bits per heavy atom. The molecule has 4 rings (SSSR count). The van der Waals surface area contributed by atoms with Crippen molar-refractivity contribution < 1.29 is 4.79 Å². The molecule has 3 aromatic rings. The number of aromatic nitrogens is 1. The first kappa shape index (κ1) is 16.3. The molecule has 1 aliphatic rings. The average molecular weight is 343 g/mol.